The van der Waals surface area contributed by atoms with Crippen molar-refractivity contribution in [1.82, 2.24) is 0 Å². The third-order valence-electron chi connectivity index (χ3n) is 3.02. The topological polar surface area (TPSA) is 55.1 Å². The van der Waals surface area contributed by atoms with Crippen LogP contribution >= 0.6 is 27.3 Å². The fourth-order valence-corrected chi connectivity index (χ4v) is 3.24. The van der Waals surface area contributed by atoms with Gasteiger partial charge in [0.1, 0.15) is 4.88 Å². The predicted molar refractivity (Wildman–Crippen MR) is 88.3 cm³/mol. The van der Waals surface area contributed by atoms with E-state index in [2.05, 4.69) is 21.2 Å². The maximum atomic E-state index is 12.2. The number of halogens is 1. The SMILES string of the molecule is Nc1ccsc1C(=O)Nc1ccc(Br)c2ccccc12. The van der Waals surface area contributed by atoms with E-state index < -0.39 is 0 Å². The van der Waals surface area contributed by atoms with Gasteiger partial charge >= 0.3 is 0 Å². The van der Waals surface area contributed by atoms with Gasteiger partial charge in [-0.1, -0.05) is 40.2 Å². The van der Waals surface area contributed by atoms with Gasteiger partial charge in [-0.05, 0) is 29.0 Å². The number of fused-ring (bicyclic) bond motifs is 1. The number of nitrogens with one attached hydrogen (secondary N) is 1. The van der Waals surface area contributed by atoms with Crippen molar-refractivity contribution in [2.24, 2.45) is 0 Å². The first-order valence-electron chi connectivity index (χ1n) is 5.98. The summed E-state index contributed by atoms with van der Waals surface area (Å²) >= 11 is 4.86. The summed E-state index contributed by atoms with van der Waals surface area (Å²) in [5, 5.41) is 6.79. The highest BCUT2D eigenvalue weighted by Gasteiger charge is 2.13. The van der Waals surface area contributed by atoms with Crippen LogP contribution < -0.4 is 11.1 Å². The van der Waals surface area contributed by atoms with E-state index in [1.807, 2.05) is 41.8 Å². The lowest BCUT2D eigenvalue weighted by molar-refractivity contribution is 0.103. The normalized spacial score (nSPS) is 10.7. The van der Waals surface area contributed by atoms with Crippen LogP contribution in [-0.2, 0) is 0 Å². The van der Waals surface area contributed by atoms with Crippen molar-refractivity contribution in [3.05, 3.63) is 57.2 Å². The van der Waals surface area contributed by atoms with E-state index in [4.69, 9.17) is 5.73 Å². The molecule has 3 aromatic rings. The fourth-order valence-electron chi connectivity index (χ4n) is 2.05. The number of carbonyl (C=O) groups is 1. The molecule has 2 aromatic carbocycles. The van der Waals surface area contributed by atoms with Crippen LogP contribution in [0.15, 0.2) is 52.3 Å². The molecule has 1 heterocycles. The largest absolute Gasteiger partial charge is 0.397 e. The molecule has 0 spiro atoms. The zero-order valence-corrected chi connectivity index (χ0v) is 12.8. The van der Waals surface area contributed by atoms with Gasteiger partial charge in [-0.15, -0.1) is 11.3 Å². The molecule has 3 rings (SSSR count). The Morgan fingerprint density at radius 1 is 1.10 bits per heavy atom. The number of nitrogen functional groups attached to an aromatic ring is 1. The van der Waals surface area contributed by atoms with Crippen LogP contribution in [0.5, 0.6) is 0 Å². The minimum Gasteiger partial charge on any atom is -0.397 e. The van der Waals surface area contributed by atoms with Gasteiger partial charge in [-0.25, -0.2) is 0 Å². The van der Waals surface area contributed by atoms with Crippen LogP contribution in [0.3, 0.4) is 0 Å². The molecular weight excluding hydrogens is 336 g/mol. The predicted octanol–water partition coefficient (Wildman–Crippen LogP) is 4.50. The average molecular weight is 347 g/mol. The summed E-state index contributed by atoms with van der Waals surface area (Å²) in [5.41, 5.74) is 7.06. The van der Waals surface area contributed by atoms with Gasteiger partial charge < -0.3 is 11.1 Å². The van der Waals surface area contributed by atoms with E-state index in [0.717, 1.165) is 20.9 Å². The van der Waals surface area contributed by atoms with E-state index in [9.17, 15) is 4.79 Å². The molecule has 1 aromatic heterocycles. The summed E-state index contributed by atoms with van der Waals surface area (Å²) in [6, 6.07) is 13.4. The Balaban J connectivity index is 2.02. The van der Waals surface area contributed by atoms with Crippen molar-refractivity contribution >= 4 is 55.3 Å². The Morgan fingerprint density at radius 2 is 1.85 bits per heavy atom. The van der Waals surface area contributed by atoms with Crippen LogP contribution in [0.4, 0.5) is 11.4 Å². The van der Waals surface area contributed by atoms with Crippen molar-refractivity contribution in [2.45, 2.75) is 0 Å². The fraction of sp³-hybridized carbons (Fsp3) is 0. The molecule has 100 valence electrons. The Kier molecular flexibility index (Phi) is 3.46. The maximum absolute atomic E-state index is 12.2. The number of carbonyl (C=O) groups excluding carboxylic acids is 1. The zero-order valence-electron chi connectivity index (χ0n) is 10.4. The summed E-state index contributed by atoms with van der Waals surface area (Å²) in [7, 11) is 0. The van der Waals surface area contributed by atoms with Gasteiger partial charge in [-0.3, -0.25) is 4.79 Å². The van der Waals surface area contributed by atoms with Gasteiger partial charge in [0, 0.05) is 15.5 Å². The molecule has 0 saturated heterocycles. The number of anilines is 2. The van der Waals surface area contributed by atoms with Crippen molar-refractivity contribution in [3.63, 3.8) is 0 Å². The number of rotatable bonds is 2. The molecule has 0 atom stereocenters. The van der Waals surface area contributed by atoms with E-state index in [1.165, 1.54) is 11.3 Å². The maximum Gasteiger partial charge on any atom is 0.267 e. The van der Waals surface area contributed by atoms with Gasteiger partial charge in [0.2, 0.25) is 0 Å². The molecule has 3 nitrogen and oxygen atoms in total. The zero-order chi connectivity index (χ0) is 14.1. The highest BCUT2D eigenvalue weighted by atomic mass is 79.9. The molecule has 0 bridgehead atoms. The minimum absolute atomic E-state index is 0.176. The van der Waals surface area contributed by atoms with Gasteiger partial charge in [0.05, 0.1) is 5.69 Å². The summed E-state index contributed by atoms with van der Waals surface area (Å²) in [6.45, 7) is 0. The second-order valence-electron chi connectivity index (χ2n) is 4.30. The number of hydrogen-bond acceptors (Lipinski definition) is 3. The molecule has 0 fully saturated rings. The van der Waals surface area contributed by atoms with Gasteiger partial charge in [0.15, 0.2) is 0 Å². The van der Waals surface area contributed by atoms with Crippen LogP contribution in [0.25, 0.3) is 10.8 Å². The molecule has 5 heteroatoms. The number of hydrogen-bond donors (Lipinski definition) is 2. The van der Waals surface area contributed by atoms with Crippen molar-refractivity contribution in [1.29, 1.82) is 0 Å². The standard InChI is InChI=1S/C15H11BrN2OS/c16-11-5-6-13(10-4-2-1-3-9(10)11)18-15(19)14-12(17)7-8-20-14/h1-8H,17H2,(H,18,19). The summed E-state index contributed by atoms with van der Waals surface area (Å²) in [5.74, 6) is -0.176. The number of amides is 1. The Labute approximate surface area is 128 Å². The highest BCUT2D eigenvalue weighted by molar-refractivity contribution is 9.10. The van der Waals surface area contributed by atoms with Gasteiger partial charge in [0.25, 0.3) is 5.91 Å². The average Bonchev–Trinajstić information content (AvgIpc) is 2.88. The molecular formula is C15H11BrN2OS. The Morgan fingerprint density at radius 3 is 2.55 bits per heavy atom. The molecule has 0 saturated carbocycles. The molecule has 0 radical (unpaired) electrons. The van der Waals surface area contributed by atoms with Gasteiger partial charge in [-0.2, -0.15) is 0 Å². The smallest absolute Gasteiger partial charge is 0.267 e. The van der Waals surface area contributed by atoms with E-state index in [-0.39, 0.29) is 5.91 Å². The monoisotopic (exact) mass is 346 g/mol. The van der Waals surface area contributed by atoms with E-state index in [1.54, 1.807) is 6.07 Å². The first kappa shape index (κ1) is 13.1. The first-order valence-corrected chi connectivity index (χ1v) is 7.65. The van der Waals surface area contributed by atoms with Crippen molar-refractivity contribution in [2.75, 3.05) is 11.1 Å². The van der Waals surface area contributed by atoms with Crippen LogP contribution in [-0.4, -0.2) is 5.91 Å². The van der Waals surface area contributed by atoms with Crippen molar-refractivity contribution in [3.8, 4) is 0 Å². The number of thiophene rings is 1. The summed E-state index contributed by atoms with van der Waals surface area (Å²) in [4.78, 5) is 12.8. The van der Waals surface area contributed by atoms with E-state index >= 15 is 0 Å². The third-order valence-corrected chi connectivity index (χ3v) is 4.64. The lowest BCUT2D eigenvalue weighted by Crippen LogP contribution is -2.12. The highest BCUT2D eigenvalue weighted by Crippen LogP contribution is 2.30. The second kappa shape index (κ2) is 5.26. The van der Waals surface area contributed by atoms with E-state index in [0.29, 0.717) is 10.6 Å². The summed E-state index contributed by atoms with van der Waals surface area (Å²) in [6.07, 6.45) is 0. The molecule has 0 aliphatic carbocycles. The van der Waals surface area contributed by atoms with Crippen LogP contribution in [0.2, 0.25) is 0 Å². The number of nitrogens with two attached hydrogens (primary N) is 1. The second-order valence-corrected chi connectivity index (χ2v) is 6.07. The number of benzene rings is 2. The molecule has 0 unspecified atom stereocenters. The first-order chi connectivity index (χ1) is 9.66. The minimum atomic E-state index is -0.176. The summed E-state index contributed by atoms with van der Waals surface area (Å²) < 4.78 is 1.00. The molecule has 0 aliphatic heterocycles. The lowest BCUT2D eigenvalue weighted by atomic mass is 10.1. The molecule has 1 amide bonds. The molecule has 3 N–H and O–H groups in total. The third kappa shape index (κ3) is 2.30. The Hall–Kier alpha value is -1.85. The molecule has 0 aliphatic rings. The van der Waals surface area contributed by atoms with Crippen molar-refractivity contribution < 1.29 is 4.79 Å². The molecule has 20 heavy (non-hydrogen) atoms. The lowest BCUT2D eigenvalue weighted by Gasteiger charge is -2.09. The Bertz CT molecular complexity index is 797. The van der Waals surface area contributed by atoms with Crippen LogP contribution in [0.1, 0.15) is 9.67 Å². The van der Waals surface area contributed by atoms with Crippen LogP contribution in [0, 0.1) is 0 Å². The quantitative estimate of drug-likeness (QED) is 0.717.